The molecule has 0 saturated heterocycles. The summed E-state index contributed by atoms with van der Waals surface area (Å²) in [5, 5.41) is 0. The van der Waals surface area contributed by atoms with E-state index in [0.29, 0.717) is 11.1 Å². The molecule has 0 spiro atoms. The quantitative estimate of drug-likeness (QED) is 0.552. The number of hydrogen-bond donors (Lipinski definition) is 0. The van der Waals surface area contributed by atoms with Crippen LogP contribution in [0.5, 0.6) is 0 Å². The first-order valence-electron chi connectivity index (χ1n) is 7.45. The fourth-order valence-corrected chi connectivity index (χ4v) is 2.20. The van der Waals surface area contributed by atoms with Crippen molar-refractivity contribution in [2.45, 2.75) is 52.6 Å². The van der Waals surface area contributed by atoms with E-state index in [0.717, 1.165) is 25.7 Å². The molecule has 0 aromatic heterocycles. The SMILES string of the molecule is CCC/C=C/c1ccc(/C=C/CCC)c(C(F)(F)F)c1C. The number of halogens is 3. The maximum Gasteiger partial charge on any atom is 0.417 e. The molecule has 0 heterocycles. The zero-order valence-corrected chi connectivity index (χ0v) is 12.9. The highest BCUT2D eigenvalue weighted by Crippen LogP contribution is 2.37. The van der Waals surface area contributed by atoms with E-state index < -0.39 is 11.7 Å². The molecule has 0 atom stereocenters. The van der Waals surface area contributed by atoms with Gasteiger partial charge in [-0.05, 0) is 36.5 Å². The molecule has 116 valence electrons. The Bertz CT molecular complexity index is 508. The number of alkyl halides is 3. The zero-order chi connectivity index (χ0) is 15.9. The van der Waals surface area contributed by atoms with Crippen LogP contribution < -0.4 is 0 Å². The number of hydrogen-bond acceptors (Lipinski definition) is 0. The second-order valence-electron chi connectivity index (χ2n) is 5.12. The molecule has 0 saturated carbocycles. The predicted molar refractivity (Wildman–Crippen MR) is 84.1 cm³/mol. The molecule has 0 unspecified atom stereocenters. The first kappa shape index (κ1) is 17.5. The molecule has 21 heavy (non-hydrogen) atoms. The van der Waals surface area contributed by atoms with Crippen LogP contribution in [0.25, 0.3) is 12.2 Å². The third kappa shape index (κ3) is 5.07. The smallest absolute Gasteiger partial charge is 0.166 e. The number of benzene rings is 1. The van der Waals surface area contributed by atoms with Crippen LogP contribution in [0.2, 0.25) is 0 Å². The summed E-state index contributed by atoms with van der Waals surface area (Å²) in [5.41, 5.74) is 0.673. The molecule has 1 rings (SSSR count). The lowest BCUT2D eigenvalue weighted by atomic mass is 9.95. The normalized spacial score (nSPS) is 12.7. The van der Waals surface area contributed by atoms with E-state index in [4.69, 9.17) is 0 Å². The standard InChI is InChI=1S/C18H23F3/c1-4-6-8-10-15-12-13-16(11-9-7-5-2)17(14(15)3)18(19,20)21/h8-13H,4-7H2,1-3H3/b10-8+,11-9+. The topological polar surface area (TPSA) is 0 Å². The summed E-state index contributed by atoms with van der Waals surface area (Å²) in [6.07, 6.45) is 6.34. The molecule has 0 fully saturated rings. The molecular formula is C18H23F3. The summed E-state index contributed by atoms with van der Waals surface area (Å²) >= 11 is 0. The summed E-state index contributed by atoms with van der Waals surface area (Å²) in [6.45, 7) is 5.59. The van der Waals surface area contributed by atoms with Gasteiger partial charge in [0.2, 0.25) is 0 Å². The van der Waals surface area contributed by atoms with Crippen molar-refractivity contribution in [2.24, 2.45) is 0 Å². The third-order valence-electron chi connectivity index (χ3n) is 3.33. The van der Waals surface area contributed by atoms with Crippen molar-refractivity contribution in [1.82, 2.24) is 0 Å². The predicted octanol–water partition coefficient (Wildman–Crippen LogP) is 6.64. The van der Waals surface area contributed by atoms with E-state index in [1.807, 2.05) is 19.9 Å². The highest BCUT2D eigenvalue weighted by atomic mass is 19.4. The monoisotopic (exact) mass is 296 g/mol. The van der Waals surface area contributed by atoms with Gasteiger partial charge < -0.3 is 0 Å². The second-order valence-corrected chi connectivity index (χ2v) is 5.12. The van der Waals surface area contributed by atoms with Gasteiger partial charge in [-0.25, -0.2) is 0 Å². The van der Waals surface area contributed by atoms with Gasteiger partial charge in [0.05, 0.1) is 5.56 Å². The summed E-state index contributed by atoms with van der Waals surface area (Å²) in [6, 6.07) is 3.33. The molecule has 0 aliphatic rings. The molecule has 0 radical (unpaired) electrons. The van der Waals surface area contributed by atoms with E-state index >= 15 is 0 Å². The van der Waals surface area contributed by atoms with Crippen LogP contribution in [0.1, 0.15) is 61.8 Å². The van der Waals surface area contributed by atoms with Crippen molar-refractivity contribution in [3.63, 3.8) is 0 Å². The summed E-state index contributed by atoms with van der Waals surface area (Å²) < 4.78 is 40.0. The Kier molecular flexibility index (Phi) is 6.73. The Hall–Kier alpha value is -1.51. The maximum atomic E-state index is 13.3. The van der Waals surface area contributed by atoms with Crippen molar-refractivity contribution in [2.75, 3.05) is 0 Å². The van der Waals surface area contributed by atoms with Crippen molar-refractivity contribution >= 4 is 12.2 Å². The highest BCUT2D eigenvalue weighted by molar-refractivity contribution is 5.64. The average molecular weight is 296 g/mol. The van der Waals surface area contributed by atoms with Gasteiger partial charge in [0.1, 0.15) is 0 Å². The van der Waals surface area contributed by atoms with Gasteiger partial charge in [-0.3, -0.25) is 0 Å². The first-order valence-corrected chi connectivity index (χ1v) is 7.45. The van der Waals surface area contributed by atoms with Crippen LogP contribution in [0.3, 0.4) is 0 Å². The first-order chi connectivity index (χ1) is 9.91. The van der Waals surface area contributed by atoms with Gasteiger partial charge >= 0.3 is 6.18 Å². The molecule has 3 heteroatoms. The lowest BCUT2D eigenvalue weighted by molar-refractivity contribution is -0.138. The average Bonchev–Trinajstić information content (AvgIpc) is 2.40. The molecule has 0 amide bonds. The summed E-state index contributed by atoms with van der Waals surface area (Å²) in [7, 11) is 0. The van der Waals surface area contributed by atoms with E-state index in [1.165, 1.54) is 0 Å². The Morgan fingerprint density at radius 1 is 0.905 bits per heavy atom. The van der Waals surface area contributed by atoms with Gasteiger partial charge in [-0.15, -0.1) is 0 Å². The Labute approximate surface area is 125 Å². The Morgan fingerprint density at radius 2 is 1.38 bits per heavy atom. The lowest BCUT2D eigenvalue weighted by Crippen LogP contribution is -2.11. The Morgan fingerprint density at radius 3 is 1.86 bits per heavy atom. The van der Waals surface area contributed by atoms with Crippen LogP contribution in [-0.2, 0) is 6.18 Å². The zero-order valence-electron chi connectivity index (χ0n) is 12.9. The molecular weight excluding hydrogens is 273 g/mol. The van der Waals surface area contributed by atoms with Crippen molar-refractivity contribution in [1.29, 1.82) is 0 Å². The fourth-order valence-electron chi connectivity index (χ4n) is 2.20. The minimum absolute atomic E-state index is 0.251. The summed E-state index contributed by atoms with van der Waals surface area (Å²) in [5.74, 6) is 0. The van der Waals surface area contributed by atoms with E-state index in [-0.39, 0.29) is 5.56 Å². The van der Waals surface area contributed by atoms with Gasteiger partial charge in [0.15, 0.2) is 0 Å². The number of unbranched alkanes of at least 4 members (excludes halogenated alkanes) is 2. The lowest BCUT2D eigenvalue weighted by Gasteiger charge is -2.16. The largest absolute Gasteiger partial charge is 0.417 e. The minimum atomic E-state index is -4.33. The Balaban J connectivity index is 3.26. The van der Waals surface area contributed by atoms with Crippen LogP contribution in [-0.4, -0.2) is 0 Å². The number of allylic oxidation sites excluding steroid dienone is 2. The summed E-state index contributed by atoms with van der Waals surface area (Å²) in [4.78, 5) is 0. The van der Waals surface area contributed by atoms with Crippen LogP contribution in [0, 0.1) is 6.92 Å². The van der Waals surface area contributed by atoms with Gasteiger partial charge in [-0.1, -0.05) is 63.1 Å². The number of rotatable bonds is 6. The maximum absolute atomic E-state index is 13.3. The molecule has 1 aromatic carbocycles. The van der Waals surface area contributed by atoms with Crippen molar-refractivity contribution in [3.8, 4) is 0 Å². The molecule has 0 aliphatic heterocycles. The minimum Gasteiger partial charge on any atom is -0.166 e. The van der Waals surface area contributed by atoms with Gasteiger partial charge in [0.25, 0.3) is 0 Å². The van der Waals surface area contributed by atoms with E-state index in [1.54, 1.807) is 37.3 Å². The fraction of sp³-hybridized carbons (Fsp3) is 0.444. The van der Waals surface area contributed by atoms with Crippen LogP contribution >= 0.6 is 0 Å². The van der Waals surface area contributed by atoms with Gasteiger partial charge in [0, 0.05) is 0 Å². The highest BCUT2D eigenvalue weighted by Gasteiger charge is 2.35. The van der Waals surface area contributed by atoms with E-state index in [2.05, 4.69) is 0 Å². The third-order valence-corrected chi connectivity index (χ3v) is 3.33. The molecule has 1 aromatic rings. The van der Waals surface area contributed by atoms with E-state index in [9.17, 15) is 13.2 Å². The van der Waals surface area contributed by atoms with Gasteiger partial charge in [-0.2, -0.15) is 13.2 Å². The van der Waals surface area contributed by atoms with Crippen LogP contribution in [0.4, 0.5) is 13.2 Å². The second kappa shape index (κ2) is 8.06. The molecule has 0 N–H and O–H groups in total. The molecule has 0 aliphatic carbocycles. The van der Waals surface area contributed by atoms with Crippen LogP contribution in [0.15, 0.2) is 24.3 Å². The molecule has 0 nitrogen and oxygen atoms in total. The van der Waals surface area contributed by atoms with Crippen molar-refractivity contribution < 1.29 is 13.2 Å². The van der Waals surface area contributed by atoms with Crippen molar-refractivity contribution in [3.05, 3.63) is 46.5 Å². The molecule has 0 bridgehead atoms.